The lowest BCUT2D eigenvalue weighted by Gasteiger charge is -2.13. The van der Waals surface area contributed by atoms with Gasteiger partial charge in [0.1, 0.15) is 11.5 Å². The minimum absolute atomic E-state index is 0.0743. The van der Waals surface area contributed by atoms with Gasteiger partial charge in [0.15, 0.2) is 0 Å². The number of para-hydroxylation sites is 1. The summed E-state index contributed by atoms with van der Waals surface area (Å²) in [7, 11) is 0. The van der Waals surface area contributed by atoms with Crippen molar-refractivity contribution in [1.82, 2.24) is 0 Å². The van der Waals surface area contributed by atoms with E-state index in [9.17, 15) is 4.79 Å². The molecule has 0 aliphatic heterocycles. The second kappa shape index (κ2) is 7.48. The quantitative estimate of drug-likeness (QED) is 0.822. The molecule has 0 aliphatic carbocycles. The van der Waals surface area contributed by atoms with Crippen molar-refractivity contribution >= 4 is 11.6 Å². The average Bonchev–Trinajstić information content (AvgIpc) is 2.51. The predicted molar refractivity (Wildman–Crippen MR) is 85.7 cm³/mol. The molecule has 1 amide bonds. The number of carbonyl (C=O) groups excluding carboxylic acids is 1. The van der Waals surface area contributed by atoms with Gasteiger partial charge in [-0.3, -0.25) is 4.79 Å². The number of rotatable bonds is 6. The van der Waals surface area contributed by atoms with E-state index in [0.29, 0.717) is 0 Å². The van der Waals surface area contributed by atoms with Crippen LogP contribution in [0.25, 0.3) is 0 Å². The van der Waals surface area contributed by atoms with E-state index in [0.717, 1.165) is 30.0 Å². The van der Waals surface area contributed by atoms with Crippen molar-refractivity contribution in [3.05, 3.63) is 54.6 Å². The van der Waals surface area contributed by atoms with Crippen molar-refractivity contribution in [2.75, 3.05) is 5.32 Å². The Kier molecular flexibility index (Phi) is 5.38. The average molecular weight is 283 g/mol. The van der Waals surface area contributed by atoms with Crippen LogP contribution < -0.4 is 10.1 Å². The number of benzene rings is 2. The van der Waals surface area contributed by atoms with Gasteiger partial charge in [0.25, 0.3) is 0 Å². The zero-order chi connectivity index (χ0) is 15.1. The summed E-state index contributed by atoms with van der Waals surface area (Å²) in [5, 5.41) is 2.94. The zero-order valence-corrected chi connectivity index (χ0v) is 12.5. The third-order valence-corrected chi connectivity index (χ3v) is 3.46. The lowest BCUT2D eigenvalue weighted by Crippen LogP contribution is -2.21. The van der Waals surface area contributed by atoms with E-state index in [1.807, 2.05) is 68.4 Å². The molecule has 0 atom stereocenters. The number of amides is 1. The van der Waals surface area contributed by atoms with E-state index < -0.39 is 0 Å². The van der Waals surface area contributed by atoms with Crippen LogP contribution >= 0.6 is 0 Å². The smallest absolute Gasteiger partial charge is 0.227 e. The molecular weight excluding hydrogens is 262 g/mol. The molecule has 3 nitrogen and oxygen atoms in total. The standard InChI is InChI=1S/C18H21NO2/c1-3-14(4-2)18(20)19-15-10-12-17(13-11-15)21-16-8-6-5-7-9-16/h5-14H,3-4H2,1-2H3,(H,19,20). The molecule has 0 fully saturated rings. The molecule has 3 heteroatoms. The third kappa shape index (κ3) is 4.35. The van der Waals surface area contributed by atoms with Gasteiger partial charge < -0.3 is 10.1 Å². The van der Waals surface area contributed by atoms with Crippen LogP contribution in [-0.2, 0) is 4.79 Å². The fraction of sp³-hybridized carbons (Fsp3) is 0.278. The van der Waals surface area contributed by atoms with Gasteiger partial charge in [-0.15, -0.1) is 0 Å². The van der Waals surface area contributed by atoms with E-state index in [1.54, 1.807) is 0 Å². The lowest BCUT2D eigenvalue weighted by molar-refractivity contribution is -0.120. The second-order valence-corrected chi connectivity index (χ2v) is 4.94. The molecule has 1 N–H and O–H groups in total. The summed E-state index contributed by atoms with van der Waals surface area (Å²) in [6.45, 7) is 4.06. The van der Waals surface area contributed by atoms with E-state index in [1.165, 1.54) is 0 Å². The van der Waals surface area contributed by atoms with E-state index >= 15 is 0 Å². The third-order valence-electron chi connectivity index (χ3n) is 3.46. The van der Waals surface area contributed by atoms with Gasteiger partial charge in [-0.1, -0.05) is 32.0 Å². The Morgan fingerprint density at radius 3 is 2.10 bits per heavy atom. The summed E-state index contributed by atoms with van der Waals surface area (Å²) in [5.74, 6) is 1.70. The Morgan fingerprint density at radius 2 is 1.52 bits per heavy atom. The van der Waals surface area contributed by atoms with Crippen LogP contribution in [0.4, 0.5) is 5.69 Å². The molecule has 0 bridgehead atoms. The number of hydrogen-bond acceptors (Lipinski definition) is 2. The van der Waals surface area contributed by atoms with Crippen molar-refractivity contribution in [3.63, 3.8) is 0 Å². The number of nitrogens with one attached hydrogen (secondary N) is 1. The first-order valence-corrected chi connectivity index (χ1v) is 7.36. The van der Waals surface area contributed by atoms with Crippen LogP contribution in [0.2, 0.25) is 0 Å². The molecule has 0 unspecified atom stereocenters. The molecule has 2 rings (SSSR count). The highest BCUT2D eigenvalue weighted by atomic mass is 16.5. The molecule has 0 spiro atoms. The summed E-state index contributed by atoms with van der Waals surface area (Å²) in [6, 6.07) is 17.1. The van der Waals surface area contributed by atoms with Gasteiger partial charge in [-0.05, 0) is 49.2 Å². The number of anilines is 1. The van der Waals surface area contributed by atoms with E-state index in [4.69, 9.17) is 4.74 Å². The normalized spacial score (nSPS) is 10.4. The maximum absolute atomic E-state index is 12.0. The SMILES string of the molecule is CCC(CC)C(=O)Nc1ccc(Oc2ccccc2)cc1. The first-order chi connectivity index (χ1) is 10.2. The van der Waals surface area contributed by atoms with Crippen LogP contribution in [0, 0.1) is 5.92 Å². The molecule has 110 valence electrons. The summed E-state index contributed by atoms with van der Waals surface area (Å²) in [6.07, 6.45) is 1.72. The minimum atomic E-state index is 0.0743. The maximum Gasteiger partial charge on any atom is 0.227 e. The fourth-order valence-corrected chi connectivity index (χ4v) is 2.13. The van der Waals surface area contributed by atoms with Gasteiger partial charge in [-0.25, -0.2) is 0 Å². The second-order valence-electron chi connectivity index (χ2n) is 4.94. The summed E-state index contributed by atoms with van der Waals surface area (Å²) < 4.78 is 5.72. The Balaban J connectivity index is 1.97. The van der Waals surface area contributed by atoms with Crippen LogP contribution in [-0.4, -0.2) is 5.91 Å². The van der Waals surface area contributed by atoms with Crippen molar-refractivity contribution in [3.8, 4) is 11.5 Å². The highest BCUT2D eigenvalue weighted by molar-refractivity contribution is 5.92. The Hall–Kier alpha value is -2.29. The Bertz CT molecular complexity index is 560. The maximum atomic E-state index is 12.0. The number of hydrogen-bond donors (Lipinski definition) is 1. The molecule has 0 saturated heterocycles. The molecule has 0 heterocycles. The van der Waals surface area contributed by atoms with Gasteiger partial charge in [0.2, 0.25) is 5.91 Å². The largest absolute Gasteiger partial charge is 0.457 e. The van der Waals surface area contributed by atoms with Crippen molar-refractivity contribution in [2.24, 2.45) is 5.92 Å². The highest BCUT2D eigenvalue weighted by Gasteiger charge is 2.13. The van der Waals surface area contributed by atoms with Crippen LogP contribution in [0.1, 0.15) is 26.7 Å². The fourth-order valence-electron chi connectivity index (χ4n) is 2.13. The minimum Gasteiger partial charge on any atom is -0.457 e. The van der Waals surface area contributed by atoms with Crippen LogP contribution in [0.5, 0.6) is 11.5 Å². The first-order valence-electron chi connectivity index (χ1n) is 7.36. The van der Waals surface area contributed by atoms with Gasteiger partial charge in [0, 0.05) is 11.6 Å². The molecule has 0 saturated carbocycles. The zero-order valence-electron chi connectivity index (χ0n) is 12.5. The molecule has 2 aromatic carbocycles. The van der Waals surface area contributed by atoms with Crippen LogP contribution in [0.3, 0.4) is 0 Å². The van der Waals surface area contributed by atoms with Crippen molar-refractivity contribution in [1.29, 1.82) is 0 Å². The number of ether oxygens (including phenoxy) is 1. The molecule has 2 aromatic rings. The highest BCUT2D eigenvalue weighted by Crippen LogP contribution is 2.23. The molecule has 0 radical (unpaired) electrons. The summed E-state index contributed by atoms with van der Waals surface area (Å²) in [4.78, 5) is 12.0. The predicted octanol–water partition coefficient (Wildman–Crippen LogP) is 4.85. The first kappa shape index (κ1) is 15.1. The van der Waals surface area contributed by atoms with Gasteiger partial charge in [0.05, 0.1) is 0 Å². The monoisotopic (exact) mass is 283 g/mol. The van der Waals surface area contributed by atoms with Crippen LogP contribution in [0.15, 0.2) is 54.6 Å². The van der Waals surface area contributed by atoms with Crippen molar-refractivity contribution < 1.29 is 9.53 Å². The van der Waals surface area contributed by atoms with Crippen molar-refractivity contribution in [2.45, 2.75) is 26.7 Å². The topological polar surface area (TPSA) is 38.3 Å². The molecule has 0 aliphatic rings. The van der Waals surface area contributed by atoms with Gasteiger partial charge in [-0.2, -0.15) is 0 Å². The summed E-state index contributed by atoms with van der Waals surface area (Å²) >= 11 is 0. The lowest BCUT2D eigenvalue weighted by atomic mass is 10.0. The molecule has 21 heavy (non-hydrogen) atoms. The van der Waals surface area contributed by atoms with E-state index in [2.05, 4.69) is 5.32 Å². The van der Waals surface area contributed by atoms with Gasteiger partial charge >= 0.3 is 0 Å². The Morgan fingerprint density at radius 1 is 0.952 bits per heavy atom. The molecule has 0 aromatic heterocycles. The summed E-state index contributed by atoms with van der Waals surface area (Å²) in [5.41, 5.74) is 0.798. The van der Waals surface area contributed by atoms with E-state index in [-0.39, 0.29) is 11.8 Å². The Labute approximate surface area is 126 Å². The molecular formula is C18H21NO2. The number of carbonyl (C=O) groups is 1.